The number of pyridine rings is 1. The third-order valence-corrected chi connectivity index (χ3v) is 5.08. The lowest BCUT2D eigenvalue weighted by Crippen LogP contribution is -2.24. The molecule has 1 unspecified atom stereocenters. The zero-order valence-corrected chi connectivity index (χ0v) is 12.8. The fraction of sp³-hybridized carbons (Fsp3) is 0.188. The zero-order valence-electron chi connectivity index (χ0n) is 11.2. The van der Waals surface area contributed by atoms with Gasteiger partial charge in [-0.2, -0.15) is 0 Å². The summed E-state index contributed by atoms with van der Waals surface area (Å²) in [6, 6.07) is 15.1. The van der Waals surface area contributed by atoms with Crippen molar-refractivity contribution in [1.82, 2.24) is 10.3 Å². The summed E-state index contributed by atoms with van der Waals surface area (Å²) in [4.78, 5) is 7.12. The molecular weight excluding hydrogens is 284 g/mol. The lowest BCUT2D eigenvalue weighted by molar-refractivity contribution is 0.516. The number of nitrogens with zero attached hydrogens (tertiary/aromatic N) is 1. The fourth-order valence-corrected chi connectivity index (χ4v) is 3.86. The predicted octanol–water partition coefficient (Wildman–Crippen LogP) is 4.64. The summed E-state index contributed by atoms with van der Waals surface area (Å²) in [5.74, 6) is 0. The Labute approximate surface area is 127 Å². The second kappa shape index (κ2) is 6.31. The number of thiophene rings is 2. The second-order valence-electron chi connectivity index (χ2n) is 4.61. The molecule has 20 heavy (non-hydrogen) atoms. The molecule has 4 heteroatoms. The van der Waals surface area contributed by atoms with Gasteiger partial charge in [0.1, 0.15) is 0 Å². The van der Waals surface area contributed by atoms with Gasteiger partial charge in [0.05, 0.1) is 11.7 Å². The van der Waals surface area contributed by atoms with Gasteiger partial charge in [-0.3, -0.25) is 10.3 Å². The molecule has 0 saturated heterocycles. The van der Waals surface area contributed by atoms with E-state index < -0.39 is 0 Å². The van der Waals surface area contributed by atoms with Gasteiger partial charge in [-0.1, -0.05) is 18.2 Å². The summed E-state index contributed by atoms with van der Waals surface area (Å²) in [5.41, 5.74) is 1.07. The Morgan fingerprint density at radius 2 is 1.65 bits per heavy atom. The molecule has 3 aromatic rings. The Morgan fingerprint density at radius 1 is 0.950 bits per heavy atom. The van der Waals surface area contributed by atoms with Crippen molar-refractivity contribution in [2.24, 2.45) is 0 Å². The van der Waals surface area contributed by atoms with Crippen molar-refractivity contribution in [1.29, 1.82) is 0 Å². The summed E-state index contributed by atoms with van der Waals surface area (Å²) in [5, 5.41) is 7.95. The number of hydrogen-bond donors (Lipinski definition) is 1. The second-order valence-corrected chi connectivity index (χ2v) is 6.57. The normalized spacial score (nSPS) is 12.7. The van der Waals surface area contributed by atoms with Crippen molar-refractivity contribution >= 4 is 22.7 Å². The van der Waals surface area contributed by atoms with Crippen molar-refractivity contribution in [3.05, 3.63) is 74.9 Å². The van der Waals surface area contributed by atoms with E-state index in [0.717, 1.165) is 5.69 Å². The molecule has 0 spiro atoms. The van der Waals surface area contributed by atoms with E-state index in [1.54, 1.807) is 22.7 Å². The van der Waals surface area contributed by atoms with E-state index in [9.17, 15) is 0 Å². The molecule has 102 valence electrons. The van der Waals surface area contributed by atoms with Gasteiger partial charge in [0, 0.05) is 22.0 Å². The molecule has 0 aliphatic heterocycles. The van der Waals surface area contributed by atoms with Gasteiger partial charge in [0.15, 0.2) is 0 Å². The Balaban J connectivity index is 1.84. The quantitative estimate of drug-likeness (QED) is 0.742. The summed E-state index contributed by atoms with van der Waals surface area (Å²) >= 11 is 3.58. The van der Waals surface area contributed by atoms with E-state index in [0.29, 0.717) is 0 Å². The van der Waals surface area contributed by atoms with Gasteiger partial charge >= 0.3 is 0 Å². The summed E-state index contributed by atoms with van der Waals surface area (Å²) in [6.07, 6.45) is 1.85. The van der Waals surface area contributed by atoms with Gasteiger partial charge < -0.3 is 0 Å². The first kappa shape index (κ1) is 13.5. The van der Waals surface area contributed by atoms with Gasteiger partial charge in [-0.15, -0.1) is 22.7 Å². The van der Waals surface area contributed by atoms with Crippen LogP contribution in [0.4, 0.5) is 0 Å². The molecule has 0 amide bonds. The Morgan fingerprint density at radius 3 is 2.15 bits per heavy atom. The van der Waals surface area contributed by atoms with Crippen molar-refractivity contribution in [3.63, 3.8) is 0 Å². The van der Waals surface area contributed by atoms with Crippen LogP contribution >= 0.6 is 22.7 Å². The van der Waals surface area contributed by atoms with E-state index in [1.165, 1.54) is 9.75 Å². The summed E-state index contributed by atoms with van der Waals surface area (Å²) in [6.45, 7) is 2.16. The van der Waals surface area contributed by atoms with Crippen molar-refractivity contribution in [2.75, 3.05) is 0 Å². The highest BCUT2D eigenvalue weighted by molar-refractivity contribution is 7.11. The van der Waals surface area contributed by atoms with E-state index in [2.05, 4.69) is 58.3 Å². The van der Waals surface area contributed by atoms with Gasteiger partial charge in [0.25, 0.3) is 0 Å². The summed E-state index contributed by atoms with van der Waals surface area (Å²) in [7, 11) is 0. The molecule has 1 atom stereocenters. The highest BCUT2D eigenvalue weighted by Crippen LogP contribution is 2.31. The van der Waals surface area contributed by atoms with Crippen LogP contribution in [0.2, 0.25) is 0 Å². The van der Waals surface area contributed by atoms with Crippen LogP contribution in [0.1, 0.15) is 34.5 Å². The first-order valence-corrected chi connectivity index (χ1v) is 8.34. The van der Waals surface area contributed by atoms with Crippen LogP contribution < -0.4 is 5.32 Å². The van der Waals surface area contributed by atoms with Crippen LogP contribution in [-0.4, -0.2) is 4.98 Å². The van der Waals surface area contributed by atoms with Crippen LogP contribution in [0.5, 0.6) is 0 Å². The molecule has 3 heterocycles. The number of nitrogens with one attached hydrogen (secondary N) is 1. The van der Waals surface area contributed by atoms with Crippen LogP contribution in [0.25, 0.3) is 0 Å². The monoisotopic (exact) mass is 300 g/mol. The molecule has 3 aromatic heterocycles. The minimum absolute atomic E-state index is 0.213. The van der Waals surface area contributed by atoms with E-state index in [-0.39, 0.29) is 12.1 Å². The van der Waals surface area contributed by atoms with Crippen molar-refractivity contribution < 1.29 is 0 Å². The Hall–Kier alpha value is -1.49. The first-order chi connectivity index (χ1) is 9.84. The van der Waals surface area contributed by atoms with Crippen LogP contribution in [0.3, 0.4) is 0 Å². The first-order valence-electron chi connectivity index (χ1n) is 6.58. The molecule has 2 nitrogen and oxygen atoms in total. The molecule has 0 aromatic carbocycles. The molecule has 0 bridgehead atoms. The topological polar surface area (TPSA) is 24.9 Å². The average molecular weight is 300 g/mol. The van der Waals surface area contributed by atoms with Crippen molar-refractivity contribution in [3.8, 4) is 0 Å². The highest BCUT2D eigenvalue weighted by atomic mass is 32.1. The largest absolute Gasteiger partial charge is 0.297 e. The smallest absolute Gasteiger partial charge is 0.0769 e. The maximum absolute atomic E-state index is 4.44. The molecule has 0 fully saturated rings. The average Bonchev–Trinajstić information content (AvgIpc) is 3.19. The molecule has 3 rings (SSSR count). The molecular formula is C16H16N2S2. The number of aromatic nitrogens is 1. The van der Waals surface area contributed by atoms with Crippen LogP contribution in [0.15, 0.2) is 59.4 Å². The van der Waals surface area contributed by atoms with E-state index in [4.69, 9.17) is 0 Å². The summed E-state index contributed by atoms with van der Waals surface area (Å²) < 4.78 is 0. The van der Waals surface area contributed by atoms with Gasteiger partial charge in [-0.25, -0.2) is 0 Å². The Bertz CT molecular complexity index is 584. The van der Waals surface area contributed by atoms with Gasteiger partial charge in [-0.05, 0) is 41.9 Å². The number of hydrogen-bond acceptors (Lipinski definition) is 4. The lowest BCUT2D eigenvalue weighted by atomic mass is 10.1. The van der Waals surface area contributed by atoms with Crippen LogP contribution in [0, 0.1) is 0 Å². The maximum Gasteiger partial charge on any atom is 0.0769 e. The molecule has 1 N–H and O–H groups in total. The third kappa shape index (κ3) is 2.98. The van der Waals surface area contributed by atoms with E-state index in [1.807, 2.05) is 18.3 Å². The number of rotatable bonds is 5. The van der Waals surface area contributed by atoms with E-state index >= 15 is 0 Å². The van der Waals surface area contributed by atoms with Crippen LogP contribution in [-0.2, 0) is 0 Å². The van der Waals surface area contributed by atoms with Crippen molar-refractivity contribution in [2.45, 2.75) is 19.0 Å². The maximum atomic E-state index is 4.44. The highest BCUT2D eigenvalue weighted by Gasteiger charge is 2.19. The molecule has 0 aliphatic rings. The Kier molecular flexibility index (Phi) is 4.25. The minimum atomic E-state index is 0.213. The zero-order chi connectivity index (χ0) is 13.8. The molecule has 0 saturated carbocycles. The fourth-order valence-electron chi connectivity index (χ4n) is 2.18. The van der Waals surface area contributed by atoms with Gasteiger partial charge in [0.2, 0.25) is 0 Å². The SMILES string of the molecule is CC(NC(c1cccs1)c1cccs1)c1ccccn1. The third-order valence-electron chi connectivity index (χ3n) is 3.20. The molecule has 0 aliphatic carbocycles. The predicted molar refractivity (Wildman–Crippen MR) is 86.3 cm³/mol. The standard InChI is InChI=1S/C16H16N2S2/c1-12(13-6-2-3-9-17-13)18-16(14-7-4-10-19-14)15-8-5-11-20-15/h2-12,16,18H,1H3. The molecule has 0 radical (unpaired) electrons. The minimum Gasteiger partial charge on any atom is -0.297 e. The lowest BCUT2D eigenvalue weighted by Gasteiger charge is -2.21.